The SMILES string of the molecule is Cc1cccc2c1c1cn2CCC(CN(C)C)OCCn2cc(c3ccccc32)C2=C1C(=O)NC2=O. The second-order valence-corrected chi connectivity index (χ2v) is 10.0. The average molecular weight is 483 g/mol. The van der Waals surface area contributed by atoms with Gasteiger partial charge in [0, 0.05) is 65.0 Å². The highest BCUT2D eigenvalue weighted by Gasteiger charge is 2.35. The van der Waals surface area contributed by atoms with Gasteiger partial charge in [0.2, 0.25) is 0 Å². The van der Waals surface area contributed by atoms with Crippen LogP contribution in [0.2, 0.25) is 0 Å². The third-order valence-electron chi connectivity index (χ3n) is 7.32. The maximum absolute atomic E-state index is 13.3. The molecule has 4 aromatic rings. The second kappa shape index (κ2) is 8.76. The number of aryl methyl sites for hydroxylation is 2. The fourth-order valence-electron chi connectivity index (χ4n) is 5.74. The predicted molar refractivity (Wildman–Crippen MR) is 141 cm³/mol. The summed E-state index contributed by atoms with van der Waals surface area (Å²) in [7, 11) is 4.13. The van der Waals surface area contributed by atoms with E-state index in [4.69, 9.17) is 4.74 Å². The zero-order chi connectivity index (χ0) is 25.0. The number of carbonyl (C=O) groups excluding carboxylic acids is 2. The minimum absolute atomic E-state index is 0.0704. The standard InChI is InChI=1S/C29H30N4O3/c1-18-7-6-10-24-25(18)22-17-32(24)12-11-19(15-31(2)3)36-14-13-33-16-21(20-8-4-5-9-23(20)33)26-27(22)29(35)30-28(26)34/h4-10,16-17,19H,11-15H2,1-3H3,(H,30,34,35). The molecular formula is C29H30N4O3. The van der Waals surface area contributed by atoms with Crippen molar-refractivity contribution in [3.63, 3.8) is 0 Å². The first-order chi connectivity index (χ1) is 17.4. The number of nitrogens with one attached hydrogen (secondary N) is 1. The highest BCUT2D eigenvalue weighted by atomic mass is 16.5. The van der Waals surface area contributed by atoms with E-state index in [-0.39, 0.29) is 17.9 Å². The van der Waals surface area contributed by atoms with Crippen LogP contribution in [0.3, 0.4) is 0 Å². The van der Waals surface area contributed by atoms with E-state index in [0.717, 1.165) is 58.0 Å². The fraction of sp³-hybridized carbons (Fsp3) is 0.310. The summed E-state index contributed by atoms with van der Waals surface area (Å²) in [6, 6.07) is 14.2. The molecule has 4 bridgehead atoms. The van der Waals surface area contributed by atoms with Crippen molar-refractivity contribution in [2.24, 2.45) is 0 Å². The number of hydrogen-bond acceptors (Lipinski definition) is 4. The molecule has 0 spiro atoms. The topological polar surface area (TPSA) is 68.5 Å². The quantitative estimate of drug-likeness (QED) is 0.441. The minimum Gasteiger partial charge on any atom is -0.375 e. The summed E-state index contributed by atoms with van der Waals surface area (Å²) < 4.78 is 10.7. The number of carbonyl (C=O) groups is 2. The molecule has 1 atom stereocenters. The lowest BCUT2D eigenvalue weighted by Crippen LogP contribution is -2.30. The maximum atomic E-state index is 13.3. The zero-order valence-electron chi connectivity index (χ0n) is 20.9. The number of benzene rings is 2. The minimum atomic E-state index is -0.346. The molecule has 2 aromatic carbocycles. The molecule has 36 heavy (non-hydrogen) atoms. The first-order valence-corrected chi connectivity index (χ1v) is 12.5. The molecular weight excluding hydrogens is 452 g/mol. The third kappa shape index (κ3) is 3.67. The van der Waals surface area contributed by atoms with Crippen molar-refractivity contribution in [1.29, 1.82) is 0 Å². The molecule has 0 aliphatic carbocycles. The number of aromatic nitrogens is 2. The Morgan fingerprint density at radius 3 is 2.42 bits per heavy atom. The molecule has 2 aliphatic rings. The summed E-state index contributed by atoms with van der Waals surface area (Å²) in [5.41, 5.74) is 5.64. The van der Waals surface area contributed by atoms with Crippen LogP contribution < -0.4 is 5.32 Å². The molecule has 2 aliphatic heterocycles. The molecule has 1 unspecified atom stereocenters. The van der Waals surface area contributed by atoms with Gasteiger partial charge in [-0.2, -0.15) is 0 Å². The van der Waals surface area contributed by atoms with Gasteiger partial charge in [0.15, 0.2) is 0 Å². The van der Waals surface area contributed by atoms with Gasteiger partial charge >= 0.3 is 0 Å². The Labute approximate surface area is 209 Å². The number of rotatable bonds is 2. The monoisotopic (exact) mass is 482 g/mol. The van der Waals surface area contributed by atoms with Crippen LogP contribution in [-0.2, 0) is 27.4 Å². The summed E-state index contributed by atoms with van der Waals surface area (Å²) >= 11 is 0. The van der Waals surface area contributed by atoms with Gasteiger partial charge in [-0.3, -0.25) is 14.9 Å². The zero-order valence-corrected chi connectivity index (χ0v) is 20.9. The molecule has 1 N–H and O–H groups in total. The van der Waals surface area contributed by atoms with Crippen LogP contribution in [0.4, 0.5) is 0 Å². The van der Waals surface area contributed by atoms with Crippen LogP contribution in [0.25, 0.3) is 33.0 Å². The van der Waals surface area contributed by atoms with Gasteiger partial charge in [-0.1, -0.05) is 30.3 Å². The number of hydrogen-bond donors (Lipinski definition) is 1. The molecule has 184 valence electrons. The van der Waals surface area contributed by atoms with Gasteiger partial charge < -0.3 is 18.8 Å². The predicted octanol–water partition coefficient (Wildman–Crippen LogP) is 3.82. The Balaban J connectivity index is 1.65. The summed E-state index contributed by atoms with van der Waals surface area (Å²) in [6.07, 6.45) is 4.95. The lowest BCUT2D eigenvalue weighted by Gasteiger charge is -2.22. The van der Waals surface area contributed by atoms with Crippen molar-refractivity contribution in [3.05, 3.63) is 71.5 Å². The second-order valence-electron chi connectivity index (χ2n) is 10.0. The van der Waals surface area contributed by atoms with Crippen LogP contribution >= 0.6 is 0 Å². The molecule has 0 saturated carbocycles. The van der Waals surface area contributed by atoms with Crippen molar-refractivity contribution in [3.8, 4) is 0 Å². The van der Waals surface area contributed by atoms with Crippen molar-refractivity contribution >= 4 is 44.8 Å². The third-order valence-corrected chi connectivity index (χ3v) is 7.32. The van der Waals surface area contributed by atoms with Crippen LogP contribution in [0.15, 0.2) is 54.9 Å². The smallest absolute Gasteiger partial charge is 0.259 e. The van der Waals surface area contributed by atoms with Gasteiger partial charge in [0.05, 0.1) is 23.9 Å². The van der Waals surface area contributed by atoms with Gasteiger partial charge in [-0.05, 0) is 45.1 Å². The number of nitrogens with zero attached hydrogens (tertiary/aromatic N) is 3. The summed E-state index contributed by atoms with van der Waals surface area (Å²) in [5.74, 6) is -0.683. The molecule has 0 radical (unpaired) electrons. The molecule has 0 saturated heterocycles. The Morgan fingerprint density at radius 2 is 1.61 bits per heavy atom. The van der Waals surface area contributed by atoms with E-state index in [1.165, 1.54) is 0 Å². The van der Waals surface area contributed by atoms with Crippen LogP contribution in [0.1, 0.15) is 23.1 Å². The number of likely N-dealkylation sites (N-methyl/N-ethyl adjacent to an activating group) is 1. The Kier molecular flexibility index (Phi) is 5.54. The molecule has 6 rings (SSSR count). The number of imide groups is 1. The summed E-state index contributed by atoms with van der Waals surface area (Å²) in [5, 5.41) is 4.55. The number of fused-ring (bicyclic) bond motifs is 12. The number of amides is 2. The molecule has 7 heteroatoms. The van der Waals surface area contributed by atoms with E-state index in [9.17, 15) is 9.59 Å². The van der Waals surface area contributed by atoms with Crippen molar-refractivity contribution in [2.45, 2.75) is 32.5 Å². The molecule has 7 nitrogen and oxygen atoms in total. The van der Waals surface area contributed by atoms with E-state index in [1.807, 2.05) is 36.7 Å². The molecule has 2 aromatic heterocycles. The van der Waals surface area contributed by atoms with E-state index in [2.05, 4.69) is 58.6 Å². The first kappa shape index (κ1) is 22.8. The normalized spacial score (nSPS) is 18.7. The molecule has 4 heterocycles. The summed E-state index contributed by atoms with van der Waals surface area (Å²) in [4.78, 5) is 28.7. The van der Waals surface area contributed by atoms with Crippen molar-refractivity contribution in [2.75, 3.05) is 27.2 Å². The Morgan fingerprint density at radius 1 is 0.917 bits per heavy atom. The largest absolute Gasteiger partial charge is 0.375 e. The lowest BCUT2D eigenvalue weighted by molar-refractivity contribution is -0.122. The van der Waals surface area contributed by atoms with Crippen LogP contribution in [0.5, 0.6) is 0 Å². The molecule has 0 fully saturated rings. The van der Waals surface area contributed by atoms with E-state index in [0.29, 0.717) is 24.3 Å². The fourth-order valence-corrected chi connectivity index (χ4v) is 5.74. The van der Waals surface area contributed by atoms with Crippen molar-refractivity contribution < 1.29 is 14.3 Å². The van der Waals surface area contributed by atoms with E-state index in [1.54, 1.807) is 0 Å². The maximum Gasteiger partial charge on any atom is 0.259 e. The number of para-hydroxylation sites is 1. The van der Waals surface area contributed by atoms with Gasteiger partial charge in [0.1, 0.15) is 0 Å². The number of ether oxygens (including phenoxy) is 1. The van der Waals surface area contributed by atoms with Gasteiger partial charge in [-0.25, -0.2) is 0 Å². The Bertz CT molecular complexity index is 1560. The first-order valence-electron chi connectivity index (χ1n) is 12.5. The lowest BCUT2D eigenvalue weighted by atomic mass is 9.94. The summed E-state index contributed by atoms with van der Waals surface area (Å²) in [6.45, 7) is 4.86. The van der Waals surface area contributed by atoms with Gasteiger partial charge in [-0.15, -0.1) is 0 Å². The van der Waals surface area contributed by atoms with Crippen LogP contribution in [-0.4, -0.2) is 59.2 Å². The Hall–Kier alpha value is -3.68. The van der Waals surface area contributed by atoms with E-state index < -0.39 is 0 Å². The van der Waals surface area contributed by atoms with E-state index >= 15 is 0 Å². The van der Waals surface area contributed by atoms with Crippen molar-refractivity contribution in [1.82, 2.24) is 19.4 Å². The van der Waals surface area contributed by atoms with Crippen LogP contribution in [0, 0.1) is 6.92 Å². The highest BCUT2D eigenvalue weighted by molar-refractivity contribution is 6.50. The highest BCUT2D eigenvalue weighted by Crippen LogP contribution is 2.40. The van der Waals surface area contributed by atoms with Gasteiger partial charge in [0.25, 0.3) is 11.8 Å². The molecule has 2 amide bonds. The average Bonchev–Trinajstić information content (AvgIpc) is 3.48.